The zero-order valence-corrected chi connectivity index (χ0v) is 21.0. The molecule has 2 amide bonds. The van der Waals surface area contributed by atoms with Gasteiger partial charge in [0, 0.05) is 11.7 Å². The molecule has 2 aromatic heterocycles. The van der Waals surface area contributed by atoms with Crippen molar-refractivity contribution in [3.05, 3.63) is 58.6 Å². The van der Waals surface area contributed by atoms with Crippen LogP contribution in [-0.4, -0.2) is 37.4 Å². The predicted molar refractivity (Wildman–Crippen MR) is 133 cm³/mol. The monoisotopic (exact) mass is 480 g/mol. The first-order valence-electron chi connectivity index (χ1n) is 11.8. The third kappa shape index (κ3) is 5.19. The van der Waals surface area contributed by atoms with Gasteiger partial charge in [-0.15, -0.1) is 5.10 Å². The predicted octanol–water partition coefficient (Wildman–Crippen LogP) is 4.70. The summed E-state index contributed by atoms with van der Waals surface area (Å²) in [6, 6.07) is 7.04. The zero-order chi connectivity index (χ0) is 24.3. The Hall–Kier alpha value is -3.07. The van der Waals surface area contributed by atoms with Crippen molar-refractivity contribution in [1.29, 1.82) is 0 Å². The molecular weight excluding hydrogens is 448 g/mol. The Morgan fingerprint density at radius 3 is 2.41 bits per heavy atom. The molecule has 2 N–H and O–H groups in total. The zero-order valence-electron chi connectivity index (χ0n) is 20.2. The van der Waals surface area contributed by atoms with Crippen LogP contribution < -0.4 is 10.2 Å². The number of hydrogen-bond acceptors (Lipinski definition) is 6. The van der Waals surface area contributed by atoms with Gasteiger partial charge < -0.3 is 10.3 Å². The van der Waals surface area contributed by atoms with Crippen LogP contribution in [0.3, 0.4) is 0 Å². The van der Waals surface area contributed by atoms with Crippen LogP contribution in [0.4, 0.5) is 5.69 Å². The Kier molecular flexibility index (Phi) is 7.11. The highest BCUT2D eigenvalue weighted by molar-refractivity contribution is 7.05. The molecule has 0 spiro atoms. The largest absolute Gasteiger partial charge is 0.351 e. The average molecular weight is 481 g/mol. The fraction of sp³-hybridized carbons (Fsp3) is 0.480. The molecule has 0 aliphatic heterocycles. The number of carbonyl (C=O) groups excluding carboxylic acids is 2. The van der Waals surface area contributed by atoms with Gasteiger partial charge in [0.25, 0.3) is 5.91 Å². The van der Waals surface area contributed by atoms with E-state index in [0.717, 1.165) is 42.8 Å². The Bertz CT molecular complexity index is 1110. The van der Waals surface area contributed by atoms with E-state index in [2.05, 4.69) is 45.6 Å². The van der Waals surface area contributed by atoms with Crippen LogP contribution in [0.1, 0.15) is 85.5 Å². The number of nitrogens with one attached hydrogen (secondary N) is 2. The van der Waals surface area contributed by atoms with Gasteiger partial charge in [0.2, 0.25) is 5.91 Å². The number of hydrogen-bond donors (Lipinski definition) is 2. The van der Waals surface area contributed by atoms with Crippen LogP contribution in [0.25, 0.3) is 0 Å². The van der Waals surface area contributed by atoms with Crippen molar-refractivity contribution in [2.75, 3.05) is 4.90 Å². The molecular formula is C25H32N6O2S. The number of imidazole rings is 1. The van der Waals surface area contributed by atoms with Gasteiger partial charge in [-0.1, -0.05) is 56.7 Å². The minimum Gasteiger partial charge on any atom is -0.351 e. The summed E-state index contributed by atoms with van der Waals surface area (Å²) in [6.07, 6.45) is 8.24. The number of nitrogens with zero attached hydrogens (tertiary/aromatic N) is 4. The molecule has 1 saturated carbocycles. The number of benzene rings is 1. The topological polar surface area (TPSA) is 104 Å². The fourth-order valence-electron chi connectivity index (χ4n) is 4.38. The fourth-order valence-corrected chi connectivity index (χ4v) is 5.11. The van der Waals surface area contributed by atoms with Crippen LogP contribution in [-0.2, 0) is 10.2 Å². The van der Waals surface area contributed by atoms with E-state index in [1.54, 1.807) is 4.90 Å². The summed E-state index contributed by atoms with van der Waals surface area (Å²) in [5.41, 5.74) is 2.69. The van der Waals surface area contributed by atoms with E-state index in [1.165, 1.54) is 18.9 Å². The molecule has 8 nitrogen and oxygen atoms in total. The molecule has 1 aliphatic carbocycles. The normalized spacial score (nSPS) is 15.6. The lowest BCUT2D eigenvalue weighted by molar-refractivity contribution is -0.123. The van der Waals surface area contributed by atoms with Crippen molar-refractivity contribution < 1.29 is 9.59 Å². The summed E-state index contributed by atoms with van der Waals surface area (Å²) in [5, 5.41) is 7.35. The summed E-state index contributed by atoms with van der Waals surface area (Å²) in [7, 11) is 0. The van der Waals surface area contributed by atoms with Gasteiger partial charge in [-0.3, -0.25) is 14.5 Å². The maximum Gasteiger partial charge on any atom is 0.277 e. The Morgan fingerprint density at radius 2 is 1.85 bits per heavy atom. The summed E-state index contributed by atoms with van der Waals surface area (Å²) >= 11 is 1.15. The molecule has 1 atom stereocenters. The highest BCUT2D eigenvalue weighted by Gasteiger charge is 2.37. The van der Waals surface area contributed by atoms with Gasteiger partial charge in [-0.2, -0.15) is 0 Å². The second-order valence-electron chi connectivity index (χ2n) is 9.91. The van der Waals surface area contributed by atoms with E-state index in [-0.39, 0.29) is 23.3 Å². The Balaban J connectivity index is 1.78. The van der Waals surface area contributed by atoms with Crippen LogP contribution in [0.15, 0.2) is 36.8 Å². The van der Waals surface area contributed by atoms with Crippen molar-refractivity contribution in [1.82, 2.24) is 24.9 Å². The number of aryl methyl sites for hydroxylation is 1. The standard InChI is InChI=1S/C25H32N6O2S/c1-16-22(34-30-29-16)21(23(32)28-18-8-6-5-7-9-18)31(24(33)20-14-26-15-27-20)19-12-10-17(11-13-19)25(2,3)4/h10-15,18,21H,5-9H2,1-4H3,(H,26,27)(H,28,32). The van der Waals surface area contributed by atoms with E-state index in [0.29, 0.717) is 22.0 Å². The molecule has 180 valence electrons. The van der Waals surface area contributed by atoms with E-state index in [9.17, 15) is 9.59 Å². The molecule has 3 aromatic rings. The Labute approximate surface area is 204 Å². The van der Waals surface area contributed by atoms with Crippen molar-refractivity contribution in [3.63, 3.8) is 0 Å². The molecule has 1 fully saturated rings. The van der Waals surface area contributed by atoms with Gasteiger partial charge >= 0.3 is 0 Å². The lowest BCUT2D eigenvalue weighted by Gasteiger charge is -2.32. The number of aromatic amines is 1. The molecule has 2 heterocycles. The smallest absolute Gasteiger partial charge is 0.277 e. The highest BCUT2D eigenvalue weighted by Crippen LogP contribution is 2.34. The quantitative estimate of drug-likeness (QED) is 0.532. The summed E-state index contributed by atoms with van der Waals surface area (Å²) in [6.45, 7) is 8.24. The van der Waals surface area contributed by atoms with Crippen molar-refractivity contribution in [3.8, 4) is 0 Å². The number of aromatic nitrogens is 4. The van der Waals surface area contributed by atoms with Crippen LogP contribution in [0, 0.1) is 6.92 Å². The third-order valence-electron chi connectivity index (χ3n) is 6.35. The molecule has 1 aromatic carbocycles. The van der Waals surface area contributed by atoms with Crippen LogP contribution >= 0.6 is 11.5 Å². The maximum absolute atomic E-state index is 13.8. The van der Waals surface area contributed by atoms with Crippen molar-refractivity contribution in [2.24, 2.45) is 0 Å². The van der Waals surface area contributed by atoms with Gasteiger partial charge in [-0.25, -0.2) is 4.98 Å². The van der Waals surface area contributed by atoms with Gasteiger partial charge in [-0.05, 0) is 54.4 Å². The van der Waals surface area contributed by atoms with Gasteiger partial charge in [0.15, 0.2) is 6.04 Å². The molecule has 0 saturated heterocycles. The van der Waals surface area contributed by atoms with E-state index in [1.807, 2.05) is 31.2 Å². The molecule has 9 heteroatoms. The summed E-state index contributed by atoms with van der Waals surface area (Å²) in [5.74, 6) is -0.550. The third-order valence-corrected chi connectivity index (χ3v) is 7.23. The van der Waals surface area contributed by atoms with Crippen molar-refractivity contribution in [2.45, 2.75) is 77.3 Å². The molecule has 0 bridgehead atoms. The molecule has 4 rings (SSSR count). The average Bonchev–Trinajstić information content (AvgIpc) is 3.49. The minimum absolute atomic E-state index is 0.0350. The SMILES string of the molecule is Cc1nnsc1C(C(=O)NC1CCCCC1)N(C(=O)c1cnc[nH]1)c1ccc(C(C)(C)C)cc1. The molecule has 1 aliphatic rings. The summed E-state index contributed by atoms with van der Waals surface area (Å²) < 4.78 is 4.07. The highest BCUT2D eigenvalue weighted by atomic mass is 32.1. The van der Waals surface area contributed by atoms with Crippen LogP contribution in [0.5, 0.6) is 0 Å². The van der Waals surface area contributed by atoms with Crippen molar-refractivity contribution >= 4 is 29.0 Å². The first kappa shape index (κ1) is 24.1. The minimum atomic E-state index is -0.891. The van der Waals surface area contributed by atoms with Crippen LogP contribution in [0.2, 0.25) is 0 Å². The number of rotatable bonds is 6. The van der Waals surface area contributed by atoms with Gasteiger partial charge in [0.1, 0.15) is 5.69 Å². The molecule has 34 heavy (non-hydrogen) atoms. The number of amides is 2. The molecule has 0 radical (unpaired) electrons. The number of anilines is 1. The van der Waals surface area contributed by atoms with E-state index in [4.69, 9.17) is 0 Å². The first-order valence-corrected chi connectivity index (χ1v) is 12.5. The lowest BCUT2D eigenvalue weighted by Crippen LogP contribution is -2.47. The van der Waals surface area contributed by atoms with E-state index < -0.39 is 6.04 Å². The van der Waals surface area contributed by atoms with E-state index >= 15 is 0 Å². The maximum atomic E-state index is 13.8. The number of H-pyrrole nitrogens is 1. The number of carbonyl (C=O) groups is 2. The second-order valence-corrected chi connectivity index (χ2v) is 10.7. The lowest BCUT2D eigenvalue weighted by atomic mass is 9.87. The molecule has 1 unspecified atom stereocenters. The summed E-state index contributed by atoms with van der Waals surface area (Å²) in [4.78, 5) is 36.7. The first-order chi connectivity index (χ1) is 16.3. The van der Waals surface area contributed by atoms with Gasteiger partial charge in [0.05, 0.1) is 23.1 Å². The Morgan fingerprint density at radius 1 is 1.15 bits per heavy atom. The second kappa shape index (κ2) is 10.0.